The second-order valence-corrected chi connectivity index (χ2v) is 13.6. The molecule has 1 unspecified atom stereocenters. The van der Waals surface area contributed by atoms with Gasteiger partial charge in [-0.2, -0.15) is 0 Å². The minimum absolute atomic E-state index is 0.0834. The summed E-state index contributed by atoms with van der Waals surface area (Å²) in [6.07, 6.45) is -0.265. The van der Waals surface area contributed by atoms with Crippen LogP contribution in [0.2, 0.25) is 0 Å². The zero-order chi connectivity index (χ0) is 18.2. The monoisotopic (exact) mass is 405 g/mol. The molecule has 1 aromatic carbocycles. The third-order valence-electron chi connectivity index (χ3n) is 3.63. The van der Waals surface area contributed by atoms with Crippen LogP contribution in [0, 0.1) is 12.3 Å². The maximum atomic E-state index is 12.7. The van der Waals surface area contributed by atoms with Crippen molar-refractivity contribution in [3.8, 4) is 0 Å². The number of aryl methyl sites for hydroxylation is 1. The molecule has 7 heteroatoms. The van der Waals surface area contributed by atoms with Gasteiger partial charge in [-0.25, -0.2) is 0 Å². The lowest BCUT2D eigenvalue weighted by molar-refractivity contribution is -0.213. The van der Waals surface area contributed by atoms with E-state index in [9.17, 15) is 4.89 Å². The fourth-order valence-electron chi connectivity index (χ4n) is 2.25. The second-order valence-electron chi connectivity index (χ2n) is 7.92. The summed E-state index contributed by atoms with van der Waals surface area (Å²) in [5.74, 6) is 0. The van der Waals surface area contributed by atoms with Crippen molar-refractivity contribution in [2.75, 3.05) is 6.61 Å². The molecule has 3 nitrogen and oxygen atoms in total. The largest absolute Gasteiger partial charge is 0.780 e. The quantitative estimate of drug-likeness (QED) is 0.493. The third-order valence-corrected chi connectivity index (χ3v) is 8.82. The van der Waals surface area contributed by atoms with Crippen molar-refractivity contribution in [2.24, 2.45) is 5.41 Å². The van der Waals surface area contributed by atoms with Crippen molar-refractivity contribution < 1.29 is 13.9 Å². The molecule has 0 spiro atoms. The standard InChI is InChI=1S/C17H27O3PS3/c1-12-7-9-13(10-8-12)14-15(17(5,6)24-23-14)20-21(18,22)19-11-16(2,3)4/h7-10,14-15H,11H2,1-6H3,(H,18,22)/p-1/t14-,15+,21?/m1/s1. The van der Waals surface area contributed by atoms with Crippen molar-refractivity contribution in [3.63, 3.8) is 0 Å². The number of benzene rings is 1. The van der Waals surface area contributed by atoms with Gasteiger partial charge in [-0.15, -0.1) is 0 Å². The van der Waals surface area contributed by atoms with Crippen molar-refractivity contribution in [3.05, 3.63) is 35.4 Å². The van der Waals surface area contributed by atoms with E-state index >= 15 is 0 Å². The van der Waals surface area contributed by atoms with Gasteiger partial charge >= 0.3 is 0 Å². The molecule has 136 valence electrons. The highest BCUT2D eigenvalue weighted by Crippen LogP contribution is 2.62. The molecule has 1 fully saturated rings. The summed E-state index contributed by atoms with van der Waals surface area (Å²) in [5.41, 5.74) is 2.27. The van der Waals surface area contributed by atoms with Crippen LogP contribution in [-0.4, -0.2) is 17.5 Å². The summed E-state index contributed by atoms with van der Waals surface area (Å²) in [7, 11) is 3.50. The topological polar surface area (TPSA) is 41.5 Å². The minimum atomic E-state index is -3.53. The van der Waals surface area contributed by atoms with Gasteiger partial charge < -0.3 is 13.9 Å². The van der Waals surface area contributed by atoms with E-state index in [1.165, 1.54) is 11.1 Å². The molecule has 24 heavy (non-hydrogen) atoms. The fourth-order valence-corrected chi connectivity index (χ4v) is 7.57. The van der Waals surface area contributed by atoms with Crippen molar-refractivity contribution in [2.45, 2.75) is 57.6 Å². The lowest BCUT2D eigenvalue weighted by atomic mass is 9.97. The first kappa shape index (κ1) is 20.8. The Labute approximate surface area is 158 Å². The predicted molar refractivity (Wildman–Crippen MR) is 108 cm³/mol. The molecule has 1 aliphatic rings. The summed E-state index contributed by atoms with van der Waals surface area (Å²) in [6.45, 7) is 9.10. The molecule has 0 aromatic heterocycles. The van der Waals surface area contributed by atoms with Crippen LogP contribution in [-0.2, 0) is 20.9 Å². The lowest BCUT2D eigenvalue weighted by Crippen LogP contribution is -2.35. The molecule has 1 aromatic rings. The first-order valence-corrected chi connectivity index (χ1v) is 12.7. The van der Waals surface area contributed by atoms with E-state index in [2.05, 4.69) is 45.0 Å². The van der Waals surface area contributed by atoms with E-state index in [1.54, 1.807) is 21.6 Å². The Balaban J connectivity index is 2.17. The van der Waals surface area contributed by atoms with E-state index in [4.69, 9.17) is 20.9 Å². The van der Waals surface area contributed by atoms with Crippen LogP contribution in [0.15, 0.2) is 24.3 Å². The van der Waals surface area contributed by atoms with Crippen LogP contribution in [0.1, 0.15) is 51.0 Å². The van der Waals surface area contributed by atoms with Crippen LogP contribution in [0.5, 0.6) is 0 Å². The molecule has 0 aliphatic carbocycles. The van der Waals surface area contributed by atoms with Crippen LogP contribution < -0.4 is 4.89 Å². The molecule has 1 heterocycles. The normalized spacial score (nSPS) is 26.3. The van der Waals surface area contributed by atoms with Gasteiger partial charge in [-0.1, -0.05) is 84.0 Å². The van der Waals surface area contributed by atoms with E-state index in [0.717, 1.165) is 0 Å². The SMILES string of the molecule is Cc1ccc([C@H]2SSC(C)(C)[C@H]2OP([O-])(=S)OCC(C)(C)C)cc1. The summed E-state index contributed by atoms with van der Waals surface area (Å²) in [6, 6.07) is 8.39. The maximum Gasteiger partial charge on any atom is 0.115 e. The highest BCUT2D eigenvalue weighted by atomic mass is 33.1. The Morgan fingerprint density at radius 1 is 1.25 bits per heavy atom. The van der Waals surface area contributed by atoms with Crippen molar-refractivity contribution in [1.29, 1.82) is 0 Å². The second kappa shape index (κ2) is 7.59. The number of hydrogen-bond acceptors (Lipinski definition) is 6. The summed E-state index contributed by atoms with van der Waals surface area (Å²) < 4.78 is 11.2. The van der Waals surface area contributed by atoms with Crippen LogP contribution in [0.3, 0.4) is 0 Å². The fraction of sp³-hybridized carbons (Fsp3) is 0.647. The van der Waals surface area contributed by atoms with Gasteiger partial charge in [-0.05, 0) is 31.7 Å². The van der Waals surface area contributed by atoms with Gasteiger partial charge in [0.25, 0.3) is 0 Å². The predicted octanol–water partition coefficient (Wildman–Crippen LogP) is 5.24. The van der Waals surface area contributed by atoms with Gasteiger partial charge in [0.1, 0.15) is 6.72 Å². The highest BCUT2D eigenvalue weighted by Gasteiger charge is 2.46. The first-order chi connectivity index (χ1) is 10.9. The molecule has 0 amide bonds. The highest BCUT2D eigenvalue weighted by molar-refractivity contribution is 8.77. The minimum Gasteiger partial charge on any atom is -0.780 e. The molecule has 0 saturated carbocycles. The molecular formula is C17H26O3PS3-. The van der Waals surface area contributed by atoms with E-state index in [0.29, 0.717) is 6.61 Å². The molecular weight excluding hydrogens is 379 g/mol. The lowest BCUT2D eigenvalue weighted by Gasteiger charge is -2.38. The van der Waals surface area contributed by atoms with Crippen LogP contribution >= 0.6 is 28.3 Å². The molecule has 2 rings (SSSR count). The maximum absolute atomic E-state index is 12.7. The van der Waals surface area contributed by atoms with Gasteiger partial charge in [0, 0.05) is 4.75 Å². The Kier molecular flexibility index (Phi) is 6.57. The molecule has 3 atom stereocenters. The Hall–Kier alpha value is 0.450. The summed E-state index contributed by atoms with van der Waals surface area (Å²) in [5, 5.41) is 0.0834. The molecule has 1 saturated heterocycles. The van der Waals surface area contributed by atoms with E-state index in [1.807, 2.05) is 20.8 Å². The molecule has 1 aliphatic heterocycles. The third kappa shape index (κ3) is 5.73. The molecule has 0 radical (unpaired) electrons. The van der Waals surface area contributed by atoms with Gasteiger partial charge in [0.15, 0.2) is 0 Å². The van der Waals surface area contributed by atoms with Gasteiger partial charge in [0.2, 0.25) is 0 Å². The average Bonchev–Trinajstić information content (AvgIpc) is 2.73. The Morgan fingerprint density at radius 2 is 1.83 bits per heavy atom. The summed E-state index contributed by atoms with van der Waals surface area (Å²) in [4.78, 5) is 12.7. The van der Waals surface area contributed by atoms with Gasteiger partial charge in [0.05, 0.1) is 18.0 Å². The Morgan fingerprint density at radius 3 is 2.38 bits per heavy atom. The van der Waals surface area contributed by atoms with Crippen molar-refractivity contribution in [1.82, 2.24) is 0 Å². The van der Waals surface area contributed by atoms with E-state index in [-0.39, 0.29) is 21.5 Å². The smallest absolute Gasteiger partial charge is 0.115 e. The average molecular weight is 406 g/mol. The first-order valence-electron chi connectivity index (χ1n) is 7.95. The summed E-state index contributed by atoms with van der Waals surface area (Å²) >= 11 is 5.17. The van der Waals surface area contributed by atoms with E-state index < -0.39 is 6.72 Å². The number of hydrogen-bond donors (Lipinski definition) is 0. The molecule has 0 N–H and O–H groups in total. The Bertz CT molecular complexity index is 611. The van der Waals surface area contributed by atoms with Crippen LogP contribution in [0.25, 0.3) is 0 Å². The zero-order valence-electron chi connectivity index (χ0n) is 15.1. The van der Waals surface area contributed by atoms with Crippen LogP contribution in [0.4, 0.5) is 0 Å². The number of rotatable bonds is 5. The van der Waals surface area contributed by atoms with Gasteiger partial charge in [-0.3, -0.25) is 0 Å². The zero-order valence-corrected chi connectivity index (χ0v) is 18.4. The molecule has 0 bridgehead atoms. The van der Waals surface area contributed by atoms with Crippen molar-refractivity contribution >= 4 is 40.1 Å².